The quantitative estimate of drug-likeness (QED) is 0.615. The van der Waals surface area contributed by atoms with Gasteiger partial charge in [0.25, 0.3) is 0 Å². The van der Waals surface area contributed by atoms with Gasteiger partial charge in [0, 0.05) is 30.6 Å². The summed E-state index contributed by atoms with van der Waals surface area (Å²) in [5.74, 6) is 1.82. The number of nitrogens with zero attached hydrogens (tertiary/aromatic N) is 2. The van der Waals surface area contributed by atoms with E-state index in [1.807, 2.05) is 12.1 Å². The second-order valence-corrected chi connectivity index (χ2v) is 7.05. The van der Waals surface area contributed by atoms with Crippen molar-refractivity contribution in [2.75, 3.05) is 31.6 Å². The summed E-state index contributed by atoms with van der Waals surface area (Å²) in [6.45, 7) is 5.64. The molecule has 1 atom stereocenters. The first-order valence-electron chi connectivity index (χ1n) is 8.75. The van der Waals surface area contributed by atoms with E-state index in [-0.39, 0.29) is 0 Å². The molecule has 1 unspecified atom stereocenters. The molecule has 0 radical (unpaired) electrons. The number of rotatable bonds is 6. The summed E-state index contributed by atoms with van der Waals surface area (Å²) < 4.78 is 5.50. The molecule has 2 heterocycles. The molecule has 0 aliphatic carbocycles. The molecular weight excluding hydrogens is 332 g/mol. The van der Waals surface area contributed by atoms with Crippen molar-refractivity contribution in [2.45, 2.75) is 25.9 Å². The van der Waals surface area contributed by atoms with E-state index >= 15 is 0 Å². The highest BCUT2D eigenvalue weighted by molar-refractivity contribution is 7.09. The third kappa shape index (κ3) is 4.66. The molecule has 2 aromatic rings. The zero-order valence-corrected chi connectivity index (χ0v) is 15.7. The van der Waals surface area contributed by atoms with Gasteiger partial charge in [0.05, 0.1) is 19.3 Å². The van der Waals surface area contributed by atoms with Crippen molar-refractivity contribution in [3.8, 4) is 5.75 Å². The molecule has 0 amide bonds. The third-order valence-corrected chi connectivity index (χ3v) is 5.13. The van der Waals surface area contributed by atoms with Gasteiger partial charge in [0.15, 0.2) is 5.96 Å². The zero-order valence-electron chi connectivity index (χ0n) is 14.9. The van der Waals surface area contributed by atoms with Crippen LogP contribution in [0.3, 0.4) is 0 Å². The lowest BCUT2D eigenvalue weighted by Crippen LogP contribution is -2.44. The first-order valence-corrected chi connectivity index (χ1v) is 9.63. The molecule has 1 aromatic heterocycles. The van der Waals surface area contributed by atoms with Crippen molar-refractivity contribution in [1.82, 2.24) is 10.6 Å². The number of methoxy groups -OCH3 is 1. The number of hydrogen-bond donors (Lipinski definition) is 2. The maximum absolute atomic E-state index is 5.50. The van der Waals surface area contributed by atoms with Crippen molar-refractivity contribution >= 4 is 23.0 Å². The van der Waals surface area contributed by atoms with Crippen molar-refractivity contribution in [3.63, 3.8) is 0 Å². The van der Waals surface area contributed by atoms with Crippen LogP contribution in [-0.2, 0) is 6.54 Å². The Labute approximate surface area is 153 Å². The largest absolute Gasteiger partial charge is 0.495 e. The highest BCUT2D eigenvalue weighted by Gasteiger charge is 2.25. The normalized spacial score (nSPS) is 17.6. The molecule has 1 fully saturated rings. The molecule has 1 saturated heterocycles. The van der Waals surface area contributed by atoms with E-state index in [0.29, 0.717) is 6.04 Å². The van der Waals surface area contributed by atoms with E-state index in [2.05, 4.69) is 52.1 Å². The molecule has 1 aromatic carbocycles. The van der Waals surface area contributed by atoms with E-state index in [1.54, 1.807) is 18.4 Å². The van der Waals surface area contributed by atoms with Gasteiger partial charge in [-0.25, -0.2) is 4.99 Å². The highest BCUT2D eigenvalue weighted by atomic mass is 32.1. The van der Waals surface area contributed by atoms with Gasteiger partial charge in [0.2, 0.25) is 0 Å². The van der Waals surface area contributed by atoms with Crippen LogP contribution in [0.5, 0.6) is 5.75 Å². The van der Waals surface area contributed by atoms with Gasteiger partial charge in [-0.1, -0.05) is 18.2 Å². The summed E-state index contributed by atoms with van der Waals surface area (Å²) in [6.07, 6.45) is 1.08. The van der Waals surface area contributed by atoms with Crippen LogP contribution in [0.1, 0.15) is 18.2 Å². The van der Waals surface area contributed by atoms with Crippen molar-refractivity contribution in [3.05, 3.63) is 46.7 Å². The fourth-order valence-electron chi connectivity index (χ4n) is 3.06. The fraction of sp³-hybridized carbons (Fsp3) is 0.421. The summed E-state index contributed by atoms with van der Waals surface area (Å²) in [5.41, 5.74) is 1.16. The Morgan fingerprint density at radius 1 is 1.32 bits per heavy atom. The number of para-hydroxylation sites is 2. The average molecular weight is 359 g/mol. The number of benzene rings is 1. The van der Waals surface area contributed by atoms with Crippen LogP contribution in [0.25, 0.3) is 0 Å². The standard InChI is InChI=1S/C19H26N4OS/c1-3-20-19(21-13-16-7-6-12-25-16)22-15-10-11-23(14-15)17-8-4-5-9-18(17)24-2/h4-9,12,15H,3,10-11,13-14H2,1-2H3,(H2,20,21,22). The minimum atomic E-state index is 0.381. The number of hydrogen-bond acceptors (Lipinski definition) is 4. The van der Waals surface area contributed by atoms with Gasteiger partial charge in [-0.2, -0.15) is 0 Å². The molecule has 134 valence electrons. The molecule has 5 nitrogen and oxygen atoms in total. The van der Waals surface area contributed by atoms with Gasteiger partial charge in [-0.05, 0) is 36.9 Å². The monoisotopic (exact) mass is 358 g/mol. The van der Waals surface area contributed by atoms with E-state index < -0.39 is 0 Å². The van der Waals surface area contributed by atoms with Crippen LogP contribution in [0.15, 0.2) is 46.8 Å². The molecule has 3 rings (SSSR count). The molecular formula is C19H26N4OS. The van der Waals surface area contributed by atoms with Crippen LogP contribution < -0.4 is 20.3 Å². The fourth-order valence-corrected chi connectivity index (χ4v) is 3.69. The minimum absolute atomic E-state index is 0.381. The Hall–Kier alpha value is -2.21. The minimum Gasteiger partial charge on any atom is -0.495 e. The van der Waals surface area contributed by atoms with Gasteiger partial charge in [0.1, 0.15) is 5.75 Å². The zero-order chi connectivity index (χ0) is 17.5. The van der Waals surface area contributed by atoms with E-state index in [4.69, 9.17) is 9.73 Å². The van der Waals surface area contributed by atoms with E-state index in [0.717, 1.165) is 50.0 Å². The number of aliphatic imine (C=N–C) groups is 1. The maximum Gasteiger partial charge on any atom is 0.191 e. The molecule has 0 saturated carbocycles. The number of ether oxygens (including phenoxy) is 1. The molecule has 0 bridgehead atoms. The summed E-state index contributed by atoms with van der Waals surface area (Å²) in [6, 6.07) is 12.8. The second kappa shape index (κ2) is 8.76. The molecule has 1 aliphatic rings. The Bertz CT molecular complexity index is 686. The number of guanidine groups is 1. The van der Waals surface area contributed by atoms with Crippen molar-refractivity contribution < 1.29 is 4.74 Å². The van der Waals surface area contributed by atoms with Crippen LogP contribution in [0.2, 0.25) is 0 Å². The van der Waals surface area contributed by atoms with Crippen molar-refractivity contribution in [2.24, 2.45) is 4.99 Å². The molecule has 6 heteroatoms. The summed E-state index contributed by atoms with van der Waals surface area (Å²) >= 11 is 1.74. The Kier molecular flexibility index (Phi) is 6.17. The van der Waals surface area contributed by atoms with E-state index in [1.165, 1.54) is 4.88 Å². The maximum atomic E-state index is 5.50. The first kappa shape index (κ1) is 17.6. The Balaban J connectivity index is 1.61. The topological polar surface area (TPSA) is 48.9 Å². The number of thiophene rings is 1. The summed E-state index contributed by atoms with van der Waals surface area (Å²) in [5, 5.41) is 9.02. The molecule has 1 aliphatic heterocycles. The molecule has 0 spiro atoms. The van der Waals surface area contributed by atoms with Gasteiger partial charge in [-0.3, -0.25) is 0 Å². The predicted molar refractivity (Wildman–Crippen MR) is 106 cm³/mol. The average Bonchev–Trinajstić information content (AvgIpc) is 3.32. The Morgan fingerprint density at radius 2 is 2.20 bits per heavy atom. The summed E-state index contributed by atoms with van der Waals surface area (Å²) in [7, 11) is 1.73. The number of anilines is 1. The SMILES string of the molecule is CCNC(=NCc1cccs1)NC1CCN(c2ccccc2OC)C1. The lowest BCUT2D eigenvalue weighted by atomic mass is 10.2. The lowest BCUT2D eigenvalue weighted by Gasteiger charge is -2.22. The van der Waals surface area contributed by atoms with Crippen LogP contribution >= 0.6 is 11.3 Å². The third-order valence-electron chi connectivity index (χ3n) is 4.27. The first-order chi connectivity index (χ1) is 12.3. The second-order valence-electron chi connectivity index (χ2n) is 6.02. The van der Waals surface area contributed by atoms with Crippen LogP contribution in [0, 0.1) is 0 Å². The van der Waals surface area contributed by atoms with Gasteiger partial charge < -0.3 is 20.3 Å². The van der Waals surface area contributed by atoms with Gasteiger partial charge >= 0.3 is 0 Å². The Morgan fingerprint density at radius 3 is 2.96 bits per heavy atom. The van der Waals surface area contributed by atoms with Crippen molar-refractivity contribution in [1.29, 1.82) is 0 Å². The highest BCUT2D eigenvalue weighted by Crippen LogP contribution is 2.30. The van der Waals surface area contributed by atoms with Gasteiger partial charge in [-0.15, -0.1) is 11.3 Å². The molecule has 25 heavy (non-hydrogen) atoms. The number of nitrogens with one attached hydrogen (secondary N) is 2. The lowest BCUT2D eigenvalue weighted by molar-refractivity contribution is 0.415. The predicted octanol–water partition coefficient (Wildman–Crippen LogP) is 3.09. The molecule has 2 N–H and O–H groups in total. The summed E-state index contributed by atoms with van der Waals surface area (Å²) in [4.78, 5) is 8.36. The van der Waals surface area contributed by atoms with Crippen LogP contribution in [0.4, 0.5) is 5.69 Å². The van der Waals surface area contributed by atoms with E-state index in [9.17, 15) is 0 Å². The van der Waals surface area contributed by atoms with Crippen LogP contribution in [-0.4, -0.2) is 38.7 Å². The smallest absolute Gasteiger partial charge is 0.191 e.